The van der Waals surface area contributed by atoms with Gasteiger partial charge in [0.05, 0.1) is 23.3 Å². The summed E-state index contributed by atoms with van der Waals surface area (Å²) in [5.41, 5.74) is 12.8. The van der Waals surface area contributed by atoms with Gasteiger partial charge in [0.25, 0.3) is 5.91 Å². The van der Waals surface area contributed by atoms with Gasteiger partial charge in [-0.1, -0.05) is 0 Å². The van der Waals surface area contributed by atoms with Crippen molar-refractivity contribution in [3.63, 3.8) is 0 Å². The van der Waals surface area contributed by atoms with Crippen LogP contribution in [0, 0.1) is 13.8 Å². The first-order chi connectivity index (χ1) is 11.7. The topological polar surface area (TPSA) is 153 Å². The van der Waals surface area contributed by atoms with Crippen LogP contribution in [0.1, 0.15) is 21.7 Å². The molecule has 0 saturated heterocycles. The standard InChI is InChI=1S/C15H20N6O3S/c1-9-5-10(2)19-13(6-9)20-12-7-11(8-18-14(12)15(17)22)21-25(23,24)4-3-16/h5-8,21H,3-4,16H2,1-2H3,(H2,17,22)(H,19,20). The van der Waals surface area contributed by atoms with Gasteiger partial charge in [-0.05, 0) is 37.6 Å². The van der Waals surface area contributed by atoms with E-state index in [1.165, 1.54) is 12.3 Å². The van der Waals surface area contributed by atoms with Crippen LogP contribution in [0.3, 0.4) is 0 Å². The minimum absolute atomic E-state index is 0.0142. The third kappa shape index (κ3) is 5.13. The third-order valence-electron chi connectivity index (χ3n) is 3.14. The Morgan fingerprint density at radius 1 is 1.24 bits per heavy atom. The van der Waals surface area contributed by atoms with Crippen LogP contribution in [0.5, 0.6) is 0 Å². The molecule has 2 aromatic heterocycles. The lowest BCUT2D eigenvalue weighted by Gasteiger charge is -2.13. The van der Waals surface area contributed by atoms with Crippen molar-refractivity contribution in [3.8, 4) is 0 Å². The second kappa shape index (κ2) is 7.45. The summed E-state index contributed by atoms with van der Waals surface area (Å²) in [4.78, 5) is 19.8. The number of primary amides is 1. The Morgan fingerprint density at radius 2 is 1.96 bits per heavy atom. The Balaban J connectivity index is 2.40. The molecule has 0 saturated carbocycles. The van der Waals surface area contributed by atoms with Crippen molar-refractivity contribution in [3.05, 3.63) is 41.3 Å². The van der Waals surface area contributed by atoms with Crippen molar-refractivity contribution in [1.29, 1.82) is 0 Å². The summed E-state index contributed by atoms with van der Waals surface area (Å²) in [5.74, 6) is -0.488. The number of nitrogens with one attached hydrogen (secondary N) is 2. The van der Waals surface area contributed by atoms with Gasteiger partial charge in [0.15, 0.2) is 5.69 Å². The summed E-state index contributed by atoms with van der Waals surface area (Å²) >= 11 is 0. The molecule has 0 aliphatic heterocycles. The molecule has 6 N–H and O–H groups in total. The molecule has 0 aliphatic carbocycles. The highest BCUT2D eigenvalue weighted by Crippen LogP contribution is 2.23. The number of nitrogens with two attached hydrogens (primary N) is 2. The normalized spacial score (nSPS) is 11.2. The van der Waals surface area contributed by atoms with Crippen LogP contribution in [-0.4, -0.2) is 36.6 Å². The van der Waals surface area contributed by atoms with Gasteiger partial charge in [0.1, 0.15) is 5.82 Å². The number of pyridine rings is 2. The average molecular weight is 364 g/mol. The predicted octanol–water partition coefficient (Wildman–Crippen LogP) is 0.636. The van der Waals surface area contributed by atoms with E-state index in [9.17, 15) is 13.2 Å². The van der Waals surface area contributed by atoms with Crippen LogP contribution in [0.25, 0.3) is 0 Å². The van der Waals surface area contributed by atoms with Gasteiger partial charge in [0, 0.05) is 12.2 Å². The molecule has 2 aromatic rings. The maximum atomic E-state index is 11.8. The molecule has 1 amide bonds. The molecule has 9 nitrogen and oxygen atoms in total. The first-order valence-electron chi connectivity index (χ1n) is 7.43. The zero-order chi connectivity index (χ0) is 18.6. The molecule has 0 spiro atoms. The fourth-order valence-corrected chi connectivity index (χ4v) is 3.12. The van der Waals surface area contributed by atoms with E-state index in [0.29, 0.717) is 5.82 Å². The highest BCUT2D eigenvalue weighted by molar-refractivity contribution is 7.92. The van der Waals surface area contributed by atoms with E-state index in [4.69, 9.17) is 11.5 Å². The number of aryl methyl sites for hydroxylation is 2. The van der Waals surface area contributed by atoms with E-state index < -0.39 is 15.9 Å². The van der Waals surface area contributed by atoms with Gasteiger partial charge in [-0.3, -0.25) is 9.52 Å². The maximum absolute atomic E-state index is 11.8. The Hall–Kier alpha value is -2.72. The molecular weight excluding hydrogens is 344 g/mol. The summed E-state index contributed by atoms with van der Waals surface area (Å²) in [6, 6.07) is 5.11. The molecule has 0 radical (unpaired) electrons. The van der Waals surface area contributed by atoms with Crippen molar-refractivity contribution in [2.45, 2.75) is 13.8 Å². The summed E-state index contributed by atoms with van der Waals surface area (Å²) in [6.45, 7) is 3.73. The molecule has 0 unspecified atom stereocenters. The second-order valence-electron chi connectivity index (χ2n) is 5.49. The number of anilines is 3. The number of hydrogen-bond acceptors (Lipinski definition) is 7. The van der Waals surface area contributed by atoms with Crippen molar-refractivity contribution in [1.82, 2.24) is 9.97 Å². The van der Waals surface area contributed by atoms with Gasteiger partial charge >= 0.3 is 0 Å². The highest BCUT2D eigenvalue weighted by Gasteiger charge is 2.15. The number of amides is 1. The average Bonchev–Trinajstić information content (AvgIpc) is 2.45. The van der Waals surface area contributed by atoms with E-state index in [1.54, 1.807) is 6.07 Å². The maximum Gasteiger partial charge on any atom is 0.269 e. The van der Waals surface area contributed by atoms with Crippen LogP contribution in [0.2, 0.25) is 0 Å². The summed E-state index contributed by atoms with van der Waals surface area (Å²) in [7, 11) is -3.60. The van der Waals surface area contributed by atoms with Crippen LogP contribution in [-0.2, 0) is 10.0 Å². The number of carbonyl (C=O) groups excluding carboxylic acids is 1. The molecule has 0 bridgehead atoms. The van der Waals surface area contributed by atoms with E-state index in [-0.39, 0.29) is 29.4 Å². The van der Waals surface area contributed by atoms with E-state index >= 15 is 0 Å². The third-order valence-corrected chi connectivity index (χ3v) is 4.46. The molecule has 0 fully saturated rings. The molecule has 0 atom stereocenters. The Bertz CT molecular complexity index is 878. The lowest BCUT2D eigenvalue weighted by atomic mass is 10.2. The Kier molecular flexibility index (Phi) is 5.55. The minimum atomic E-state index is -3.60. The first kappa shape index (κ1) is 18.6. The smallest absolute Gasteiger partial charge is 0.269 e. The molecule has 2 rings (SSSR count). The quantitative estimate of drug-likeness (QED) is 0.562. The monoisotopic (exact) mass is 364 g/mol. The molecule has 2 heterocycles. The minimum Gasteiger partial charge on any atom is -0.364 e. The number of nitrogens with zero attached hydrogens (tertiary/aromatic N) is 2. The summed E-state index contributed by atoms with van der Waals surface area (Å²) < 4.78 is 26.0. The fraction of sp³-hybridized carbons (Fsp3) is 0.267. The highest BCUT2D eigenvalue weighted by atomic mass is 32.2. The fourth-order valence-electron chi connectivity index (χ4n) is 2.24. The largest absolute Gasteiger partial charge is 0.364 e. The van der Waals surface area contributed by atoms with Crippen LogP contribution >= 0.6 is 0 Å². The van der Waals surface area contributed by atoms with Crippen LogP contribution < -0.4 is 21.5 Å². The van der Waals surface area contributed by atoms with Gasteiger partial charge in [-0.25, -0.2) is 18.4 Å². The number of sulfonamides is 1. The van der Waals surface area contributed by atoms with Crippen LogP contribution in [0.4, 0.5) is 17.2 Å². The Morgan fingerprint density at radius 3 is 2.56 bits per heavy atom. The zero-order valence-corrected chi connectivity index (χ0v) is 14.7. The van der Waals surface area contributed by atoms with Crippen molar-refractivity contribution < 1.29 is 13.2 Å². The van der Waals surface area contributed by atoms with E-state index in [2.05, 4.69) is 20.0 Å². The van der Waals surface area contributed by atoms with Gasteiger partial charge in [-0.2, -0.15) is 0 Å². The van der Waals surface area contributed by atoms with Crippen molar-refractivity contribution in [2.24, 2.45) is 11.5 Å². The van der Waals surface area contributed by atoms with Gasteiger partial charge in [-0.15, -0.1) is 0 Å². The van der Waals surface area contributed by atoms with E-state index in [1.807, 2.05) is 19.9 Å². The molecule has 10 heteroatoms. The zero-order valence-electron chi connectivity index (χ0n) is 13.9. The number of rotatable bonds is 7. The van der Waals surface area contributed by atoms with Crippen molar-refractivity contribution in [2.75, 3.05) is 22.3 Å². The lowest BCUT2D eigenvalue weighted by molar-refractivity contribution is 0.0996. The van der Waals surface area contributed by atoms with Crippen LogP contribution in [0.15, 0.2) is 24.4 Å². The van der Waals surface area contributed by atoms with Crippen molar-refractivity contribution >= 4 is 33.1 Å². The predicted molar refractivity (Wildman–Crippen MR) is 96.2 cm³/mol. The SMILES string of the molecule is Cc1cc(C)nc(Nc2cc(NS(=O)(=O)CCN)cnc2C(N)=O)c1. The Labute approximate surface area is 145 Å². The molecule has 25 heavy (non-hydrogen) atoms. The summed E-state index contributed by atoms with van der Waals surface area (Å²) in [5, 5.41) is 2.96. The second-order valence-corrected chi connectivity index (χ2v) is 7.33. The van der Waals surface area contributed by atoms with E-state index in [0.717, 1.165) is 11.3 Å². The molecule has 134 valence electrons. The molecule has 0 aliphatic rings. The molecular formula is C15H20N6O3S. The number of aromatic nitrogens is 2. The number of hydrogen-bond donors (Lipinski definition) is 4. The first-order valence-corrected chi connectivity index (χ1v) is 9.08. The van der Waals surface area contributed by atoms with Gasteiger partial charge in [0.2, 0.25) is 10.0 Å². The summed E-state index contributed by atoms with van der Waals surface area (Å²) in [6.07, 6.45) is 1.22. The lowest BCUT2D eigenvalue weighted by Crippen LogP contribution is -2.23. The van der Waals surface area contributed by atoms with Gasteiger partial charge < -0.3 is 16.8 Å². The molecule has 0 aromatic carbocycles. The number of carbonyl (C=O) groups is 1.